The third-order valence-electron chi connectivity index (χ3n) is 4.13. The van der Waals surface area contributed by atoms with Gasteiger partial charge in [0.1, 0.15) is 4.83 Å². The Morgan fingerprint density at radius 1 is 1.13 bits per heavy atom. The van der Waals surface area contributed by atoms with Crippen LogP contribution in [0.3, 0.4) is 0 Å². The normalized spacial score (nSPS) is 11.4. The van der Waals surface area contributed by atoms with E-state index < -0.39 is 0 Å². The van der Waals surface area contributed by atoms with E-state index in [2.05, 4.69) is 23.7 Å². The summed E-state index contributed by atoms with van der Waals surface area (Å²) in [5.74, 6) is 0. The molecule has 0 atom stereocenters. The molecule has 0 spiro atoms. The first kappa shape index (κ1) is 15.9. The lowest BCUT2D eigenvalue weighted by Crippen LogP contribution is -2.28. The van der Waals surface area contributed by atoms with Crippen LogP contribution in [0.1, 0.15) is 13.8 Å². The molecular formula is C18H21N3OS. The van der Waals surface area contributed by atoms with E-state index in [9.17, 15) is 4.79 Å². The highest BCUT2D eigenvalue weighted by molar-refractivity contribution is 7.13. The molecule has 0 N–H and O–H groups in total. The lowest BCUT2D eigenvalue weighted by molar-refractivity contribution is 0.293. The maximum absolute atomic E-state index is 12.6. The highest BCUT2D eigenvalue weighted by Crippen LogP contribution is 2.23. The molecule has 0 aliphatic carbocycles. The van der Waals surface area contributed by atoms with Crippen LogP contribution in [0.25, 0.3) is 21.3 Å². The van der Waals surface area contributed by atoms with Crippen molar-refractivity contribution in [2.75, 3.05) is 19.6 Å². The zero-order valence-corrected chi connectivity index (χ0v) is 14.3. The Hall–Kier alpha value is -1.98. The van der Waals surface area contributed by atoms with E-state index in [4.69, 9.17) is 0 Å². The van der Waals surface area contributed by atoms with Crippen molar-refractivity contribution in [2.45, 2.75) is 20.4 Å². The topological polar surface area (TPSA) is 38.1 Å². The Balaban J connectivity index is 1.92. The van der Waals surface area contributed by atoms with Crippen LogP contribution in [0.4, 0.5) is 0 Å². The highest BCUT2D eigenvalue weighted by Gasteiger charge is 2.11. The van der Waals surface area contributed by atoms with E-state index in [0.717, 1.165) is 47.5 Å². The van der Waals surface area contributed by atoms with Gasteiger partial charge in [0.2, 0.25) is 0 Å². The number of hydrogen-bond acceptors (Lipinski definition) is 4. The minimum atomic E-state index is 0.0717. The van der Waals surface area contributed by atoms with Crippen LogP contribution in [0.5, 0.6) is 0 Å². The fraction of sp³-hybridized carbons (Fsp3) is 0.333. The molecule has 0 fully saturated rings. The Morgan fingerprint density at radius 2 is 1.87 bits per heavy atom. The summed E-state index contributed by atoms with van der Waals surface area (Å²) >= 11 is 1.46. The van der Waals surface area contributed by atoms with Gasteiger partial charge < -0.3 is 4.90 Å². The van der Waals surface area contributed by atoms with Crippen LogP contribution in [-0.4, -0.2) is 33.5 Å². The third-order valence-corrected chi connectivity index (χ3v) is 5.19. The van der Waals surface area contributed by atoms with Crippen molar-refractivity contribution in [1.82, 2.24) is 13.8 Å². The first-order valence-corrected chi connectivity index (χ1v) is 8.78. The van der Waals surface area contributed by atoms with E-state index in [0.29, 0.717) is 0 Å². The number of aromatic nitrogens is 2. The van der Waals surface area contributed by atoms with E-state index >= 15 is 0 Å². The number of pyridine rings is 1. The summed E-state index contributed by atoms with van der Waals surface area (Å²) < 4.78 is 1.82. The van der Waals surface area contributed by atoms with Gasteiger partial charge in [0.15, 0.2) is 0 Å². The number of nitrogens with zero attached hydrogens (tertiary/aromatic N) is 3. The number of benzene rings is 1. The molecule has 2 heterocycles. The molecule has 0 saturated carbocycles. The second-order valence-corrected chi connectivity index (χ2v) is 6.48. The summed E-state index contributed by atoms with van der Waals surface area (Å²) in [6.45, 7) is 7.92. The van der Waals surface area contributed by atoms with Gasteiger partial charge in [0.25, 0.3) is 5.56 Å². The van der Waals surface area contributed by atoms with Gasteiger partial charge in [-0.15, -0.1) is 0 Å². The van der Waals surface area contributed by atoms with E-state index in [1.807, 2.05) is 46.6 Å². The summed E-state index contributed by atoms with van der Waals surface area (Å²) in [7, 11) is 0. The fourth-order valence-corrected chi connectivity index (χ4v) is 3.57. The molecule has 0 unspecified atom stereocenters. The molecule has 3 aromatic rings. The van der Waals surface area contributed by atoms with E-state index in [1.165, 1.54) is 11.5 Å². The highest BCUT2D eigenvalue weighted by atomic mass is 32.1. The Morgan fingerprint density at radius 3 is 2.57 bits per heavy atom. The smallest absolute Gasteiger partial charge is 0.270 e. The lowest BCUT2D eigenvalue weighted by Gasteiger charge is -2.17. The molecule has 120 valence electrons. The van der Waals surface area contributed by atoms with Crippen molar-refractivity contribution in [3.63, 3.8) is 0 Å². The monoisotopic (exact) mass is 327 g/mol. The van der Waals surface area contributed by atoms with Gasteiger partial charge in [-0.05, 0) is 36.3 Å². The minimum absolute atomic E-state index is 0.0717. The minimum Gasteiger partial charge on any atom is -0.302 e. The maximum atomic E-state index is 12.6. The molecule has 0 amide bonds. The standard InChI is InChI=1S/C18H21N3OS/c1-3-20(4-2)10-11-21-18(22)16-12-15(13-19-17(16)23-21)14-8-6-5-7-9-14/h5-9,12-13H,3-4,10-11H2,1-2H3. The summed E-state index contributed by atoms with van der Waals surface area (Å²) in [6.07, 6.45) is 1.85. The second kappa shape index (κ2) is 7.06. The van der Waals surface area contributed by atoms with Gasteiger partial charge in [-0.25, -0.2) is 4.98 Å². The number of fused-ring (bicyclic) bond motifs is 1. The molecule has 0 bridgehead atoms. The van der Waals surface area contributed by atoms with Crippen molar-refractivity contribution in [3.05, 3.63) is 52.9 Å². The van der Waals surface area contributed by atoms with Crippen LogP contribution < -0.4 is 5.56 Å². The molecule has 0 saturated heterocycles. The van der Waals surface area contributed by atoms with Gasteiger partial charge in [-0.1, -0.05) is 44.2 Å². The van der Waals surface area contributed by atoms with Gasteiger partial charge in [0.05, 0.1) is 5.39 Å². The first-order chi connectivity index (χ1) is 11.2. The molecule has 0 aliphatic heterocycles. The summed E-state index contributed by atoms with van der Waals surface area (Å²) in [4.78, 5) is 20.2. The first-order valence-electron chi connectivity index (χ1n) is 8.00. The number of rotatable bonds is 6. The summed E-state index contributed by atoms with van der Waals surface area (Å²) in [5, 5.41) is 0.718. The van der Waals surface area contributed by atoms with Crippen LogP contribution in [0.2, 0.25) is 0 Å². The molecule has 4 nitrogen and oxygen atoms in total. The zero-order valence-electron chi connectivity index (χ0n) is 13.5. The largest absolute Gasteiger partial charge is 0.302 e. The van der Waals surface area contributed by atoms with Crippen molar-refractivity contribution in [2.24, 2.45) is 0 Å². The molecule has 5 heteroatoms. The van der Waals surface area contributed by atoms with Gasteiger partial charge >= 0.3 is 0 Å². The molecule has 23 heavy (non-hydrogen) atoms. The second-order valence-electron chi connectivity index (χ2n) is 5.47. The predicted molar refractivity (Wildman–Crippen MR) is 97.1 cm³/mol. The van der Waals surface area contributed by atoms with E-state index in [-0.39, 0.29) is 5.56 Å². The van der Waals surface area contributed by atoms with Crippen molar-refractivity contribution >= 4 is 21.7 Å². The summed E-state index contributed by atoms with van der Waals surface area (Å²) in [6, 6.07) is 12.0. The Bertz CT molecular complexity index is 834. The van der Waals surface area contributed by atoms with Crippen molar-refractivity contribution < 1.29 is 0 Å². The Kier molecular flexibility index (Phi) is 4.88. The SMILES string of the molecule is CCN(CC)CCn1sc2ncc(-c3ccccc3)cc2c1=O. The quantitative estimate of drug-likeness (QED) is 0.696. The van der Waals surface area contributed by atoms with Crippen LogP contribution in [-0.2, 0) is 6.54 Å². The van der Waals surface area contributed by atoms with Gasteiger partial charge in [-0.2, -0.15) is 0 Å². The molecule has 1 aromatic carbocycles. The van der Waals surface area contributed by atoms with Gasteiger partial charge in [0, 0.05) is 24.8 Å². The fourth-order valence-electron chi connectivity index (χ4n) is 2.67. The molecular weight excluding hydrogens is 306 g/mol. The number of hydrogen-bond donors (Lipinski definition) is 0. The summed E-state index contributed by atoms with van der Waals surface area (Å²) in [5.41, 5.74) is 2.15. The van der Waals surface area contributed by atoms with Crippen LogP contribution in [0.15, 0.2) is 47.4 Å². The maximum Gasteiger partial charge on any atom is 0.270 e. The van der Waals surface area contributed by atoms with Crippen LogP contribution in [0, 0.1) is 0 Å². The zero-order chi connectivity index (χ0) is 16.2. The third kappa shape index (κ3) is 3.35. The van der Waals surface area contributed by atoms with Crippen molar-refractivity contribution in [1.29, 1.82) is 0 Å². The molecule has 3 rings (SSSR count). The predicted octanol–water partition coefficient (Wildman–Crippen LogP) is 3.47. The average Bonchev–Trinajstić information content (AvgIpc) is 2.92. The van der Waals surface area contributed by atoms with Crippen molar-refractivity contribution in [3.8, 4) is 11.1 Å². The molecule has 0 aliphatic rings. The van der Waals surface area contributed by atoms with Gasteiger partial charge in [-0.3, -0.25) is 8.75 Å². The lowest BCUT2D eigenvalue weighted by atomic mass is 10.1. The molecule has 2 aromatic heterocycles. The van der Waals surface area contributed by atoms with E-state index in [1.54, 1.807) is 0 Å². The van der Waals surface area contributed by atoms with Crippen LogP contribution >= 0.6 is 11.5 Å². The Labute approximate surface area is 140 Å². The molecule has 0 radical (unpaired) electrons. The average molecular weight is 327 g/mol. The number of likely N-dealkylation sites (N-methyl/N-ethyl adjacent to an activating group) is 1.